The van der Waals surface area contributed by atoms with Crippen molar-refractivity contribution in [1.82, 2.24) is 0 Å². The number of para-hydroxylation sites is 2. The molecule has 8 rings (SSSR count). The first-order chi connectivity index (χ1) is 36.8. The molecule has 0 bridgehead atoms. The molecule has 78 heavy (non-hydrogen) atoms. The summed E-state index contributed by atoms with van der Waals surface area (Å²) in [5, 5.41) is 3.47. The molecule has 404 valence electrons. The lowest BCUT2D eigenvalue weighted by Crippen LogP contribution is -2.72. The Bertz CT molecular complexity index is 3390. The number of halogens is 15. The number of amidine groups is 1. The Labute approximate surface area is 438 Å². The van der Waals surface area contributed by atoms with E-state index in [1.54, 1.807) is 83.8 Å². The third kappa shape index (κ3) is 8.94. The largest absolute Gasteiger partial charge is 0.326 e. The number of rotatable bonds is 12. The van der Waals surface area contributed by atoms with E-state index in [-0.39, 0.29) is 41.2 Å². The SMILES string of the molecule is CC(C)c1cccc(C(C)C)c1N1C(=C=[N+]=N[B-](c2c(F)c(F)c(F)c(F)c2F)(c2c(F)c(F)c(F)c(F)c2F)c2c(F)c(F)c(F)c(F)c2F)[C-](c2ccccc2)[N+](c2c(C(C)C)cccc2C(C)C)=C1c1ccccc1. The molecule has 0 radical (unpaired) electrons. The smallest absolute Gasteiger partial charge is 0.268 e. The van der Waals surface area contributed by atoms with Crippen molar-refractivity contribution in [3.8, 4) is 0 Å². The first kappa shape index (κ1) is 56.3. The van der Waals surface area contributed by atoms with Crippen LogP contribution < -0.4 is 21.3 Å². The minimum Gasteiger partial charge on any atom is -0.268 e. The van der Waals surface area contributed by atoms with E-state index in [0.717, 1.165) is 11.1 Å². The molecular weight excluding hydrogens is 1050 g/mol. The molecule has 1 heterocycles. The summed E-state index contributed by atoms with van der Waals surface area (Å²) in [5.74, 6) is -45.9. The molecule has 0 spiro atoms. The summed E-state index contributed by atoms with van der Waals surface area (Å²) in [6.45, 7) is 15.1. The molecule has 0 fully saturated rings. The monoisotopic (exact) mass is 1090 g/mol. The van der Waals surface area contributed by atoms with Gasteiger partial charge in [0.05, 0.1) is 5.69 Å². The molecule has 0 aliphatic carbocycles. The number of anilines is 1. The van der Waals surface area contributed by atoms with E-state index < -0.39 is 110 Å². The second-order valence-electron chi connectivity index (χ2n) is 19.7. The van der Waals surface area contributed by atoms with Crippen molar-refractivity contribution < 1.29 is 75.2 Å². The first-order valence-corrected chi connectivity index (χ1v) is 24.3. The predicted molar refractivity (Wildman–Crippen MR) is 266 cm³/mol. The fraction of sp³-hybridized carbons (Fsp3) is 0.207. The number of nitrogens with zero attached hydrogens (tertiary/aromatic N) is 4. The molecule has 4 nitrogen and oxygen atoms in total. The second kappa shape index (κ2) is 21.5. The lowest BCUT2D eigenvalue weighted by Gasteiger charge is -2.35. The molecule has 0 amide bonds. The van der Waals surface area contributed by atoms with Crippen molar-refractivity contribution in [2.75, 3.05) is 4.90 Å². The van der Waals surface area contributed by atoms with Gasteiger partial charge in [0.1, 0.15) is 46.6 Å². The van der Waals surface area contributed by atoms with E-state index >= 15 is 52.7 Å². The van der Waals surface area contributed by atoms with Gasteiger partial charge in [-0.15, -0.1) is 17.2 Å². The molecule has 0 saturated heterocycles. The summed E-state index contributed by atoms with van der Waals surface area (Å²) < 4.78 is 241. The van der Waals surface area contributed by atoms with Gasteiger partial charge in [0, 0.05) is 21.5 Å². The van der Waals surface area contributed by atoms with E-state index in [9.17, 15) is 13.2 Å². The van der Waals surface area contributed by atoms with Gasteiger partial charge in [-0.3, -0.25) is 4.58 Å². The normalized spacial score (nSPS) is 13.0. The molecule has 1 aliphatic rings. The van der Waals surface area contributed by atoms with Crippen LogP contribution >= 0.6 is 0 Å². The van der Waals surface area contributed by atoms with Gasteiger partial charge in [0.25, 0.3) is 0 Å². The van der Waals surface area contributed by atoms with E-state index in [1.807, 2.05) is 78.2 Å². The van der Waals surface area contributed by atoms with Crippen molar-refractivity contribution >= 4 is 45.7 Å². The maximum atomic E-state index is 16.7. The molecule has 0 atom stereocenters. The van der Waals surface area contributed by atoms with Gasteiger partial charge >= 0.3 is 12.2 Å². The highest BCUT2D eigenvalue weighted by atomic mass is 19.2. The molecule has 20 heteroatoms. The summed E-state index contributed by atoms with van der Waals surface area (Å²) in [7, 11) is 0. The van der Waals surface area contributed by atoms with Gasteiger partial charge in [-0.1, -0.05) is 162 Å². The van der Waals surface area contributed by atoms with Gasteiger partial charge in [0.15, 0.2) is 52.4 Å². The highest BCUT2D eigenvalue weighted by Gasteiger charge is 2.53. The van der Waals surface area contributed by atoms with Crippen LogP contribution in [0.4, 0.5) is 77.2 Å². The molecule has 7 aromatic carbocycles. The quantitative estimate of drug-likeness (QED) is 0.0138. The Morgan fingerprint density at radius 1 is 0.423 bits per heavy atom. The number of benzene rings is 7. The Morgan fingerprint density at radius 2 is 0.744 bits per heavy atom. The molecule has 1 aliphatic heterocycles. The Balaban J connectivity index is 1.76. The van der Waals surface area contributed by atoms with Crippen molar-refractivity contribution in [2.24, 2.45) is 5.03 Å². The topological polar surface area (TPSA) is 32.7 Å². The highest BCUT2D eigenvalue weighted by molar-refractivity contribution is 7.10. The van der Waals surface area contributed by atoms with E-state index in [4.69, 9.17) is 0 Å². The zero-order valence-corrected chi connectivity index (χ0v) is 42.6. The van der Waals surface area contributed by atoms with Crippen LogP contribution in [0.25, 0.3) is 0 Å². The van der Waals surface area contributed by atoms with Crippen molar-refractivity contribution in [1.29, 1.82) is 0 Å². The van der Waals surface area contributed by atoms with Gasteiger partial charge in [-0.25, -0.2) is 70.8 Å². The van der Waals surface area contributed by atoms with Crippen molar-refractivity contribution in [3.63, 3.8) is 0 Å². The van der Waals surface area contributed by atoms with Gasteiger partial charge in [0.2, 0.25) is 11.5 Å². The average Bonchev–Trinajstić information content (AvgIpc) is 3.89. The Morgan fingerprint density at radius 3 is 1.09 bits per heavy atom. The molecule has 0 saturated carbocycles. The standard InChI is InChI=1S/C58H44BF15N4/c1-26(2)32-21-15-22-33(27(3)4)56(32)77-36(55(30-17-11-9-12-18-30)78(58(77)31-19-13-10-14-20-31)57-34(28(5)6)23-16-24-35(57)29(7)8)25-75-76-59(37-40(60)46(66)52(72)47(67)41(37)61,38-42(62)48(68)53(73)49(69)43(38)63)39-44(64)50(70)54(74)51(71)45(39)65/h9-24,26-29H,1-8H3. The van der Waals surface area contributed by atoms with Gasteiger partial charge in [-0.05, 0) is 34.8 Å². The summed E-state index contributed by atoms with van der Waals surface area (Å²) >= 11 is 0. The lowest BCUT2D eigenvalue weighted by atomic mass is 9.24. The molecule has 7 aromatic rings. The molecule has 0 N–H and O–H groups in total. The molecule has 0 aromatic heterocycles. The van der Waals surface area contributed by atoms with Crippen LogP contribution in [0.1, 0.15) is 112 Å². The van der Waals surface area contributed by atoms with E-state index in [1.165, 1.54) is 0 Å². The fourth-order valence-electron chi connectivity index (χ4n) is 10.0. The van der Waals surface area contributed by atoms with Gasteiger partial charge in [-0.2, -0.15) is 0 Å². The fourth-order valence-corrected chi connectivity index (χ4v) is 10.0. The predicted octanol–water partition coefficient (Wildman–Crippen LogP) is 14.3. The third-order valence-electron chi connectivity index (χ3n) is 13.7. The summed E-state index contributed by atoms with van der Waals surface area (Å²) in [5.41, 5.74) is -4.74. The molecule has 0 unspecified atom stereocenters. The second-order valence-corrected chi connectivity index (χ2v) is 19.7. The van der Waals surface area contributed by atoms with Crippen LogP contribution in [-0.2, 0) is 0 Å². The van der Waals surface area contributed by atoms with Crippen LogP contribution in [0.2, 0.25) is 0 Å². The number of hydrogen-bond acceptors (Lipinski definition) is 2. The highest BCUT2D eigenvalue weighted by Crippen LogP contribution is 2.49. The Hall–Kier alpha value is -7.95. The van der Waals surface area contributed by atoms with Crippen molar-refractivity contribution in [3.05, 3.63) is 229 Å². The lowest BCUT2D eigenvalue weighted by molar-refractivity contribution is -0.406. The van der Waals surface area contributed by atoms with Crippen LogP contribution in [0.3, 0.4) is 0 Å². The average molecular weight is 1090 g/mol. The maximum Gasteiger partial charge on any atom is 0.326 e. The summed E-state index contributed by atoms with van der Waals surface area (Å²) in [6, 6.07) is 27.7. The third-order valence-corrected chi connectivity index (χ3v) is 13.7. The molecular formula is C58H44BF15N4. The number of hydrogen-bond donors (Lipinski definition) is 0. The zero-order valence-electron chi connectivity index (χ0n) is 42.6. The van der Waals surface area contributed by atoms with E-state index in [0.29, 0.717) is 33.6 Å². The van der Waals surface area contributed by atoms with Crippen LogP contribution in [0.15, 0.2) is 108 Å². The zero-order chi connectivity index (χ0) is 57.1. The van der Waals surface area contributed by atoms with Gasteiger partial charge < -0.3 is 0 Å². The minimum absolute atomic E-state index is 0.0680. The van der Waals surface area contributed by atoms with Crippen LogP contribution in [0.5, 0.6) is 0 Å². The van der Waals surface area contributed by atoms with E-state index in [2.05, 4.69) is 15.7 Å². The first-order valence-electron chi connectivity index (χ1n) is 24.3. The summed E-state index contributed by atoms with van der Waals surface area (Å²) in [4.78, 5) is 5.36. The van der Waals surface area contributed by atoms with Crippen LogP contribution in [-0.4, -0.2) is 27.4 Å². The summed E-state index contributed by atoms with van der Waals surface area (Å²) in [6.07, 6.45) is -6.44. The van der Waals surface area contributed by atoms with Crippen molar-refractivity contribution in [2.45, 2.75) is 79.1 Å². The minimum atomic E-state index is -6.44. The van der Waals surface area contributed by atoms with Crippen LogP contribution in [0, 0.1) is 93.3 Å². The maximum absolute atomic E-state index is 16.7. The Kier molecular flexibility index (Phi) is 15.5.